The number of carbonyl (C=O) groups excluding carboxylic acids is 1. The van der Waals surface area contributed by atoms with Gasteiger partial charge in [-0.05, 0) is 30.3 Å². The minimum absolute atomic E-state index is 0.0488. The quantitative estimate of drug-likeness (QED) is 0.873. The highest BCUT2D eigenvalue weighted by Gasteiger charge is 2.25. The van der Waals surface area contributed by atoms with Crippen LogP contribution in [0.5, 0.6) is 5.75 Å². The second-order valence-corrected chi connectivity index (χ2v) is 5.59. The Kier molecular flexibility index (Phi) is 4.53. The predicted octanol–water partition coefficient (Wildman–Crippen LogP) is 2.81. The molecule has 0 aliphatic carbocycles. The topological polar surface area (TPSA) is 55.3 Å². The lowest BCUT2D eigenvalue weighted by molar-refractivity contribution is 0.0590. The zero-order valence-corrected chi connectivity index (χ0v) is 12.7. The van der Waals surface area contributed by atoms with Crippen LogP contribution >= 0.6 is 11.6 Å². The minimum atomic E-state index is -0.0488. The number of halogens is 1. The molecule has 1 amide bonds. The van der Waals surface area contributed by atoms with Gasteiger partial charge in [-0.15, -0.1) is 0 Å². The Morgan fingerprint density at radius 2 is 1.91 bits per heavy atom. The van der Waals surface area contributed by atoms with Crippen molar-refractivity contribution in [3.63, 3.8) is 0 Å². The summed E-state index contributed by atoms with van der Waals surface area (Å²) in [5.41, 5.74) is 0.437. The number of hydrogen-bond acceptors (Lipinski definition) is 4. The fraction of sp³-hybridized carbons (Fsp3) is 0.312. The van der Waals surface area contributed by atoms with Crippen molar-refractivity contribution in [3.05, 3.63) is 53.6 Å². The van der Waals surface area contributed by atoms with Gasteiger partial charge in [0.05, 0.1) is 0 Å². The van der Waals surface area contributed by atoms with E-state index in [0.29, 0.717) is 23.8 Å². The van der Waals surface area contributed by atoms with Crippen LogP contribution in [0.15, 0.2) is 42.9 Å². The van der Waals surface area contributed by atoms with Crippen LogP contribution in [-0.4, -0.2) is 40.0 Å². The monoisotopic (exact) mass is 317 g/mol. The average molecular weight is 318 g/mol. The maximum atomic E-state index is 12.3. The Morgan fingerprint density at radius 1 is 1.18 bits per heavy atom. The van der Waals surface area contributed by atoms with Crippen LogP contribution in [0.2, 0.25) is 5.02 Å². The summed E-state index contributed by atoms with van der Waals surface area (Å²) in [4.78, 5) is 21.9. The third kappa shape index (κ3) is 3.54. The molecule has 0 saturated carbocycles. The van der Waals surface area contributed by atoms with Gasteiger partial charge in [0, 0.05) is 37.2 Å². The summed E-state index contributed by atoms with van der Waals surface area (Å²) in [5, 5.41) is 0.692. The third-order valence-corrected chi connectivity index (χ3v) is 3.90. The normalized spacial score (nSPS) is 15.6. The highest BCUT2D eigenvalue weighted by Crippen LogP contribution is 2.21. The van der Waals surface area contributed by atoms with Crippen LogP contribution in [0.1, 0.15) is 23.3 Å². The molecule has 5 nitrogen and oxygen atoms in total. The van der Waals surface area contributed by atoms with Crippen molar-refractivity contribution in [1.82, 2.24) is 14.9 Å². The van der Waals surface area contributed by atoms with Gasteiger partial charge in [-0.2, -0.15) is 0 Å². The van der Waals surface area contributed by atoms with Crippen molar-refractivity contribution in [2.24, 2.45) is 0 Å². The molecular formula is C16H16ClN3O2. The van der Waals surface area contributed by atoms with Crippen molar-refractivity contribution < 1.29 is 9.53 Å². The van der Waals surface area contributed by atoms with Gasteiger partial charge in [0.25, 0.3) is 5.91 Å². The van der Waals surface area contributed by atoms with Gasteiger partial charge in [-0.25, -0.2) is 9.97 Å². The summed E-state index contributed by atoms with van der Waals surface area (Å²) in [5.74, 6) is 0.761. The van der Waals surface area contributed by atoms with E-state index >= 15 is 0 Å². The summed E-state index contributed by atoms with van der Waals surface area (Å²) in [6.07, 6.45) is 4.70. The molecule has 3 rings (SSSR count). The summed E-state index contributed by atoms with van der Waals surface area (Å²) < 4.78 is 5.92. The van der Waals surface area contributed by atoms with Crippen molar-refractivity contribution in [2.75, 3.05) is 13.1 Å². The van der Waals surface area contributed by atoms with E-state index in [1.807, 2.05) is 29.2 Å². The molecule has 0 unspecified atom stereocenters. The van der Waals surface area contributed by atoms with Crippen LogP contribution in [0.4, 0.5) is 0 Å². The molecule has 0 atom stereocenters. The van der Waals surface area contributed by atoms with E-state index in [-0.39, 0.29) is 12.0 Å². The van der Waals surface area contributed by atoms with Gasteiger partial charge in [-0.1, -0.05) is 11.6 Å². The smallest absolute Gasteiger partial charge is 0.272 e. The first-order valence-corrected chi connectivity index (χ1v) is 7.58. The largest absolute Gasteiger partial charge is 0.490 e. The molecule has 2 heterocycles. The van der Waals surface area contributed by atoms with Crippen LogP contribution < -0.4 is 4.74 Å². The fourth-order valence-electron chi connectivity index (χ4n) is 2.46. The molecule has 114 valence electrons. The first-order valence-electron chi connectivity index (χ1n) is 7.20. The fourth-order valence-corrected chi connectivity index (χ4v) is 2.59. The number of benzene rings is 1. The number of amides is 1. The van der Waals surface area contributed by atoms with Crippen molar-refractivity contribution in [3.8, 4) is 5.75 Å². The van der Waals surface area contributed by atoms with Crippen molar-refractivity contribution in [2.45, 2.75) is 18.9 Å². The number of carbonyl (C=O) groups is 1. The molecule has 1 aromatic carbocycles. The Labute approximate surface area is 133 Å². The molecule has 1 fully saturated rings. The summed E-state index contributed by atoms with van der Waals surface area (Å²) in [6.45, 7) is 1.34. The molecule has 2 aromatic rings. The van der Waals surface area contributed by atoms with E-state index in [4.69, 9.17) is 16.3 Å². The number of nitrogens with zero attached hydrogens (tertiary/aromatic N) is 3. The molecule has 1 aromatic heterocycles. The minimum Gasteiger partial charge on any atom is -0.490 e. The number of piperidine rings is 1. The lowest BCUT2D eigenvalue weighted by Crippen LogP contribution is -2.42. The Balaban J connectivity index is 1.54. The molecule has 0 spiro atoms. The number of likely N-dealkylation sites (tertiary alicyclic amines) is 1. The third-order valence-electron chi connectivity index (χ3n) is 3.65. The lowest BCUT2D eigenvalue weighted by Gasteiger charge is -2.32. The molecule has 0 bridgehead atoms. The summed E-state index contributed by atoms with van der Waals surface area (Å²) in [7, 11) is 0. The van der Waals surface area contributed by atoms with E-state index in [2.05, 4.69) is 9.97 Å². The summed E-state index contributed by atoms with van der Waals surface area (Å²) >= 11 is 5.86. The Bertz CT molecular complexity index is 626. The standard InChI is InChI=1S/C16H16ClN3O2/c17-12-1-3-13(4-2-12)22-14-6-9-20(10-7-14)16(21)15-5-8-18-11-19-15/h1-5,8,11,14H,6-7,9-10H2. The van der Waals surface area contributed by atoms with E-state index in [1.54, 1.807) is 12.3 Å². The Morgan fingerprint density at radius 3 is 2.55 bits per heavy atom. The highest BCUT2D eigenvalue weighted by molar-refractivity contribution is 6.30. The number of aromatic nitrogens is 2. The van der Waals surface area contributed by atoms with Gasteiger partial charge in [0.1, 0.15) is 23.9 Å². The summed E-state index contributed by atoms with van der Waals surface area (Å²) in [6, 6.07) is 8.98. The second kappa shape index (κ2) is 6.75. The molecule has 1 aliphatic heterocycles. The van der Waals surface area contributed by atoms with Gasteiger partial charge in [-0.3, -0.25) is 4.79 Å². The lowest BCUT2D eigenvalue weighted by atomic mass is 10.1. The molecule has 22 heavy (non-hydrogen) atoms. The van der Waals surface area contributed by atoms with E-state index in [1.165, 1.54) is 6.33 Å². The molecule has 1 aliphatic rings. The molecule has 1 saturated heterocycles. The maximum absolute atomic E-state index is 12.3. The van der Waals surface area contributed by atoms with Gasteiger partial charge in [0.15, 0.2) is 0 Å². The molecule has 6 heteroatoms. The van der Waals surface area contributed by atoms with Gasteiger partial charge in [0.2, 0.25) is 0 Å². The number of hydrogen-bond donors (Lipinski definition) is 0. The first kappa shape index (κ1) is 14.8. The predicted molar refractivity (Wildman–Crippen MR) is 83.0 cm³/mol. The maximum Gasteiger partial charge on any atom is 0.272 e. The van der Waals surface area contributed by atoms with Crippen LogP contribution in [0, 0.1) is 0 Å². The van der Waals surface area contributed by atoms with Crippen LogP contribution in [-0.2, 0) is 0 Å². The number of ether oxygens (including phenoxy) is 1. The zero-order valence-electron chi connectivity index (χ0n) is 12.0. The van der Waals surface area contributed by atoms with E-state index in [0.717, 1.165) is 18.6 Å². The van der Waals surface area contributed by atoms with Crippen LogP contribution in [0.3, 0.4) is 0 Å². The first-order chi connectivity index (χ1) is 10.7. The SMILES string of the molecule is O=C(c1ccncn1)N1CCC(Oc2ccc(Cl)cc2)CC1. The van der Waals surface area contributed by atoms with Gasteiger partial charge >= 0.3 is 0 Å². The van der Waals surface area contributed by atoms with Gasteiger partial charge < -0.3 is 9.64 Å². The molecule has 0 N–H and O–H groups in total. The second-order valence-electron chi connectivity index (χ2n) is 5.16. The van der Waals surface area contributed by atoms with E-state index < -0.39 is 0 Å². The molecule has 0 radical (unpaired) electrons. The van der Waals surface area contributed by atoms with Crippen molar-refractivity contribution in [1.29, 1.82) is 0 Å². The Hall–Kier alpha value is -2.14. The number of rotatable bonds is 3. The van der Waals surface area contributed by atoms with E-state index in [9.17, 15) is 4.79 Å². The zero-order chi connectivity index (χ0) is 15.4. The van der Waals surface area contributed by atoms with Crippen LogP contribution in [0.25, 0.3) is 0 Å². The average Bonchev–Trinajstić information content (AvgIpc) is 2.58. The molecular weight excluding hydrogens is 302 g/mol. The highest BCUT2D eigenvalue weighted by atomic mass is 35.5. The van der Waals surface area contributed by atoms with Crippen molar-refractivity contribution >= 4 is 17.5 Å².